The van der Waals surface area contributed by atoms with Crippen LogP contribution < -0.4 is 0 Å². The van der Waals surface area contributed by atoms with Crippen molar-refractivity contribution in [3.8, 4) is 0 Å². The molecule has 4 aliphatic rings. The van der Waals surface area contributed by atoms with Crippen molar-refractivity contribution in [1.29, 1.82) is 0 Å². The minimum atomic E-state index is -0.144. The maximum atomic E-state index is 12.0. The molecule has 0 aliphatic heterocycles. The van der Waals surface area contributed by atoms with Gasteiger partial charge >= 0.3 is 0 Å². The monoisotopic (exact) mass is 274 g/mol. The topological polar surface area (TPSA) is 17.1 Å². The van der Waals surface area contributed by atoms with E-state index in [2.05, 4.69) is 30.3 Å². The number of carbonyl (C=O) groups is 1. The molecule has 0 spiro atoms. The molecule has 4 aliphatic carbocycles. The van der Waals surface area contributed by atoms with Crippen LogP contribution in [0.25, 0.3) is 0 Å². The average molecular weight is 275 g/mol. The molecule has 2 heteroatoms. The van der Waals surface area contributed by atoms with Gasteiger partial charge in [0.05, 0.1) is 0 Å². The predicted octanol–water partition coefficient (Wildman–Crippen LogP) is 4.05. The molecular weight excluding hydrogens is 256 g/mol. The highest BCUT2D eigenvalue weighted by Crippen LogP contribution is 2.68. The van der Waals surface area contributed by atoms with Crippen LogP contribution in [-0.4, -0.2) is 5.24 Å². The number of hydrogen-bond donors (Lipinski definition) is 0. The fraction of sp³-hybridized carbons (Fsp3) is 0.588. The van der Waals surface area contributed by atoms with Gasteiger partial charge < -0.3 is 0 Å². The van der Waals surface area contributed by atoms with Crippen molar-refractivity contribution >= 4 is 16.8 Å². The van der Waals surface area contributed by atoms with Crippen LogP contribution in [0.5, 0.6) is 0 Å². The summed E-state index contributed by atoms with van der Waals surface area (Å²) in [6, 6.07) is 10.7. The summed E-state index contributed by atoms with van der Waals surface area (Å²) in [5.74, 6) is 2.75. The predicted molar refractivity (Wildman–Crippen MR) is 75.9 cm³/mol. The Bertz CT molecular complexity index is 511. The molecule has 5 unspecified atom stereocenters. The Morgan fingerprint density at radius 3 is 2.74 bits per heavy atom. The van der Waals surface area contributed by atoms with Crippen molar-refractivity contribution in [3.05, 3.63) is 35.9 Å². The van der Waals surface area contributed by atoms with Crippen LogP contribution in [-0.2, 0) is 11.2 Å². The number of halogens is 1. The molecule has 4 saturated carbocycles. The Kier molecular flexibility index (Phi) is 2.57. The first-order valence-electron chi connectivity index (χ1n) is 7.43. The van der Waals surface area contributed by atoms with Gasteiger partial charge in [0, 0.05) is 5.41 Å². The van der Waals surface area contributed by atoms with Crippen molar-refractivity contribution in [2.24, 2.45) is 29.1 Å². The Labute approximate surface area is 119 Å². The van der Waals surface area contributed by atoms with E-state index in [1.54, 1.807) is 0 Å². The lowest BCUT2D eigenvalue weighted by Crippen LogP contribution is -2.29. The summed E-state index contributed by atoms with van der Waals surface area (Å²) < 4.78 is 0. The largest absolute Gasteiger partial charge is 0.281 e. The normalized spacial score (nSPS) is 42.8. The Hall–Kier alpha value is -0.820. The van der Waals surface area contributed by atoms with Gasteiger partial charge in [0.25, 0.3) is 0 Å². The highest BCUT2D eigenvalue weighted by atomic mass is 35.5. The lowest BCUT2D eigenvalue weighted by molar-refractivity contribution is -0.122. The third-order valence-corrected chi connectivity index (χ3v) is 6.42. The van der Waals surface area contributed by atoms with Gasteiger partial charge in [0.1, 0.15) is 0 Å². The van der Waals surface area contributed by atoms with Crippen LogP contribution in [0.2, 0.25) is 0 Å². The molecule has 0 aromatic heterocycles. The molecule has 0 radical (unpaired) electrons. The second kappa shape index (κ2) is 4.09. The SMILES string of the molecule is O=C(Cl)C12CC3CC(C1)C(Cc1ccccc1)C2C3. The molecule has 100 valence electrons. The van der Waals surface area contributed by atoms with Gasteiger partial charge in [-0.25, -0.2) is 0 Å². The second-order valence-corrected chi connectivity index (χ2v) is 7.24. The van der Waals surface area contributed by atoms with E-state index in [1.165, 1.54) is 18.4 Å². The van der Waals surface area contributed by atoms with E-state index in [-0.39, 0.29) is 10.7 Å². The van der Waals surface area contributed by atoms with E-state index in [0.717, 1.165) is 31.1 Å². The summed E-state index contributed by atoms with van der Waals surface area (Å²) in [5.41, 5.74) is 1.27. The molecule has 0 amide bonds. The lowest BCUT2D eigenvalue weighted by Gasteiger charge is -2.32. The number of benzene rings is 1. The maximum Gasteiger partial charge on any atom is 0.228 e. The van der Waals surface area contributed by atoms with E-state index >= 15 is 0 Å². The zero-order valence-electron chi connectivity index (χ0n) is 11.0. The van der Waals surface area contributed by atoms with Gasteiger partial charge in [-0.1, -0.05) is 30.3 Å². The zero-order chi connectivity index (χ0) is 13.0. The summed E-state index contributed by atoms with van der Waals surface area (Å²) in [6.07, 6.45) is 5.84. The highest BCUT2D eigenvalue weighted by Gasteiger charge is 2.64. The van der Waals surface area contributed by atoms with Crippen LogP contribution in [0.3, 0.4) is 0 Å². The van der Waals surface area contributed by atoms with Gasteiger partial charge in [-0.2, -0.15) is 0 Å². The molecule has 1 aromatic rings. The van der Waals surface area contributed by atoms with Gasteiger partial charge in [0.15, 0.2) is 0 Å². The summed E-state index contributed by atoms with van der Waals surface area (Å²) in [6.45, 7) is 0. The fourth-order valence-corrected chi connectivity index (χ4v) is 5.76. The van der Waals surface area contributed by atoms with Crippen LogP contribution in [0.4, 0.5) is 0 Å². The minimum Gasteiger partial charge on any atom is -0.281 e. The number of carbonyl (C=O) groups excluding carboxylic acids is 1. The Balaban J connectivity index is 1.64. The third-order valence-electron chi connectivity index (χ3n) is 6.04. The first-order valence-corrected chi connectivity index (χ1v) is 7.81. The summed E-state index contributed by atoms with van der Waals surface area (Å²) in [5, 5.41) is -0.0414. The summed E-state index contributed by atoms with van der Waals surface area (Å²) in [7, 11) is 0. The fourth-order valence-electron chi connectivity index (χ4n) is 5.47. The van der Waals surface area contributed by atoms with E-state index in [0.29, 0.717) is 11.8 Å². The molecule has 1 nitrogen and oxygen atoms in total. The third kappa shape index (κ3) is 1.64. The summed E-state index contributed by atoms with van der Waals surface area (Å²) in [4.78, 5) is 12.0. The molecule has 19 heavy (non-hydrogen) atoms. The Morgan fingerprint density at radius 2 is 2.00 bits per heavy atom. The van der Waals surface area contributed by atoms with Crippen molar-refractivity contribution in [2.45, 2.75) is 32.1 Å². The average Bonchev–Trinajstić information content (AvgIpc) is 2.79. The van der Waals surface area contributed by atoms with E-state index < -0.39 is 0 Å². The molecule has 0 N–H and O–H groups in total. The summed E-state index contributed by atoms with van der Waals surface area (Å²) >= 11 is 5.99. The van der Waals surface area contributed by atoms with Gasteiger partial charge in [-0.15, -0.1) is 0 Å². The maximum absolute atomic E-state index is 12.0. The molecule has 4 fully saturated rings. The van der Waals surface area contributed by atoms with Crippen LogP contribution in [0.15, 0.2) is 30.3 Å². The Morgan fingerprint density at radius 1 is 1.21 bits per heavy atom. The molecule has 0 saturated heterocycles. The van der Waals surface area contributed by atoms with E-state index in [9.17, 15) is 4.79 Å². The van der Waals surface area contributed by atoms with Crippen molar-refractivity contribution in [3.63, 3.8) is 0 Å². The highest BCUT2D eigenvalue weighted by molar-refractivity contribution is 6.64. The quantitative estimate of drug-likeness (QED) is 0.760. The van der Waals surface area contributed by atoms with E-state index in [1.807, 2.05) is 0 Å². The molecule has 1 aromatic carbocycles. The first-order chi connectivity index (χ1) is 9.19. The molecular formula is C17H19ClO. The molecule has 5 atom stereocenters. The van der Waals surface area contributed by atoms with Gasteiger partial charge in [-0.3, -0.25) is 4.79 Å². The van der Waals surface area contributed by atoms with Gasteiger partial charge in [0.2, 0.25) is 5.24 Å². The van der Waals surface area contributed by atoms with Crippen LogP contribution in [0, 0.1) is 29.1 Å². The standard InChI is InChI=1S/C17H19ClO/c18-16(19)17-9-12-6-13(10-17)14(15(17)8-12)7-11-4-2-1-3-5-11/h1-5,12-15H,6-10H2. The molecule has 5 rings (SSSR count). The molecule has 4 bridgehead atoms. The van der Waals surface area contributed by atoms with Crippen LogP contribution >= 0.6 is 11.6 Å². The van der Waals surface area contributed by atoms with Crippen molar-refractivity contribution < 1.29 is 4.79 Å². The lowest BCUT2D eigenvalue weighted by atomic mass is 9.73. The second-order valence-electron chi connectivity index (χ2n) is 6.90. The first kappa shape index (κ1) is 12.0. The van der Waals surface area contributed by atoms with E-state index in [4.69, 9.17) is 11.6 Å². The number of hydrogen-bond acceptors (Lipinski definition) is 1. The van der Waals surface area contributed by atoms with Crippen molar-refractivity contribution in [2.75, 3.05) is 0 Å². The van der Waals surface area contributed by atoms with Gasteiger partial charge in [-0.05, 0) is 72.9 Å². The van der Waals surface area contributed by atoms with Crippen molar-refractivity contribution in [1.82, 2.24) is 0 Å². The number of rotatable bonds is 3. The smallest absolute Gasteiger partial charge is 0.228 e. The van der Waals surface area contributed by atoms with Crippen LogP contribution in [0.1, 0.15) is 31.2 Å². The zero-order valence-corrected chi connectivity index (χ0v) is 11.8. The molecule has 0 heterocycles. The minimum absolute atomic E-state index is 0.0414.